The van der Waals surface area contributed by atoms with Crippen molar-refractivity contribution in [1.29, 1.82) is 0 Å². The molecule has 1 aromatic carbocycles. The monoisotopic (exact) mass is 515 g/mol. The number of ether oxygens (including phenoxy) is 1. The summed E-state index contributed by atoms with van der Waals surface area (Å²) >= 11 is 0. The number of likely N-dealkylation sites (tertiary alicyclic amines) is 1. The van der Waals surface area contributed by atoms with Crippen molar-refractivity contribution in [2.45, 2.75) is 32.8 Å². The second kappa shape index (κ2) is 13.3. The van der Waals surface area contributed by atoms with E-state index >= 15 is 0 Å². The maximum absolute atomic E-state index is 6.12. The number of benzene rings is 1. The van der Waals surface area contributed by atoms with Crippen molar-refractivity contribution in [2.75, 3.05) is 65.4 Å². The Morgan fingerprint density at radius 2 is 1.66 bits per heavy atom. The number of para-hydroxylation sites is 1. The predicted octanol–water partition coefficient (Wildman–Crippen LogP) is 2.75. The average Bonchev–Trinajstić information content (AvgIpc) is 2.75. The number of guanidine groups is 1. The summed E-state index contributed by atoms with van der Waals surface area (Å²) in [6.45, 7) is 15.1. The second-order valence-corrected chi connectivity index (χ2v) is 7.63. The number of nitrogens with zero attached hydrogens (tertiary/aromatic N) is 4. The van der Waals surface area contributed by atoms with Gasteiger partial charge in [-0.2, -0.15) is 0 Å². The number of likely N-dealkylation sites (N-methyl/N-ethyl adjacent to an activating group) is 1. The van der Waals surface area contributed by atoms with Gasteiger partial charge in [0.2, 0.25) is 0 Å². The van der Waals surface area contributed by atoms with Gasteiger partial charge in [-0.05, 0) is 25.6 Å². The standard InChI is InChI=1S/C22H37N5O.HI/c1-3-23-22(24-12-15-26-18-16-25(4-2)17-19-26)27-13-10-21(11-14-27)28-20-8-6-5-7-9-20;/h5-9,21H,3-4,10-19H2,1-2H3,(H,23,24);1H. The molecule has 29 heavy (non-hydrogen) atoms. The van der Waals surface area contributed by atoms with Crippen molar-refractivity contribution in [3.63, 3.8) is 0 Å². The zero-order chi connectivity index (χ0) is 19.6. The number of hydrogen-bond donors (Lipinski definition) is 1. The number of hydrogen-bond acceptors (Lipinski definition) is 4. The Hall–Kier alpha value is -1.06. The van der Waals surface area contributed by atoms with Crippen LogP contribution in [-0.4, -0.2) is 92.2 Å². The van der Waals surface area contributed by atoms with Gasteiger partial charge in [0.25, 0.3) is 0 Å². The molecule has 0 atom stereocenters. The molecule has 2 aliphatic heterocycles. The first-order valence-electron chi connectivity index (χ1n) is 11.0. The Labute approximate surface area is 193 Å². The number of halogens is 1. The molecule has 0 radical (unpaired) electrons. The highest BCUT2D eigenvalue weighted by molar-refractivity contribution is 14.0. The van der Waals surface area contributed by atoms with E-state index in [-0.39, 0.29) is 24.0 Å². The molecule has 164 valence electrons. The highest BCUT2D eigenvalue weighted by Crippen LogP contribution is 2.18. The maximum Gasteiger partial charge on any atom is 0.193 e. The zero-order valence-corrected chi connectivity index (χ0v) is 20.4. The van der Waals surface area contributed by atoms with Gasteiger partial charge in [-0.25, -0.2) is 0 Å². The van der Waals surface area contributed by atoms with Gasteiger partial charge in [0.15, 0.2) is 5.96 Å². The zero-order valence-electron chi connectivity index (χ0n) is 18.1. The number of piperazine rings is 1. The van der Waals surface area contributed by atoms with Crippen LogP contribution in [0, 0.1) is 0 Å². The number of rotatable bonds is 7. The molecule has 0 saturated carbocycles. The molecule has 3 rings (SSSR count). The van der Waals surface area contributed by atoms with E-state index in [1.165, 1.54) is 32.7 Å². The van der Waals surface area contributed by atoms with Crippen molar-refractivity contribution in [3.8, 4) is 5.75 Å². The minimum Gasteiger partial charge on any atom is -0.490 e. The molecule has 2 fully saturated rings. The molecule has 2 saturated heterocycles. The first-order chi connectivity index (χ1) is 13.8. The molecule has 2 heterocycles. The summed E-state index contributed by atoms with van der Waals surface area (Å²) in [5.41, 5.74) is 0. The summed E-state index contributed by atoms with van der Waals surface area (Å²) in [5.74, 6) is 2.04. The van der Waals surface area contributed by atoms with Crippen molar-refractivity contribution in [2.24, 2.45) is 4.99 Å². The highest BCUT2D eigenvalue weighted by Gasteiger charge is 2.23. The fourth-order valence-corrected chi connectivity index (χ4v) is 3.93. The van der Waals surface area contributed by atoms with Crippen LogP contribution in [0.2, 0.25) is 0 Å². The Morgan fingerprint density at radius 1 is 1.00 bits per heavy atom. The van der Waals surface area contributed by atoms with E-state index in [9.17, 15) is 0 Å². The largest absolute Gasteiger partial charge is 0.490 e. The maximum atomic E-state index is 6.12. The van der Waals surface area contributed by atoms with E-state index in [1.807, 2.05) is 30.3 Å². The van der Waals surface area contributed by atoms with Gasteiger partial charge in [0.05, 0.1) is 6.54 Å². The summed E-state index contributed by atoms with van der Waals surface area (Å²) < 4.78 is 6.12. The number of aliphatic imine (C=N–C) groups is 1. The quantitative estimate of drug-likeness (QED) is 0.344. The third kappa shape index (κ3) is 7.94. The Kier molecular flexibility index (Phi) is 11.1. The summed E-state index contributed by atoms with van der Waals surface area (Å²) in [4.78, 5) is 12.4. The molecule has 0 aliphatic carbocycles. The summed E-state index contributed by atoms with van der Waals surface area (Å²) in [6, 6.07) is 10.2. The first-order valence-corrected chi connectivity index (χ1v) is 11.0. The van der Waals surface area contributed by atoms with Crippen molar-refractivity contribution in [1.82, 2.24) is 20.0 Å². The molecular weight excluding hydrogens is 477 g/mol. The Bertz CT molecular complexity index is 584. The lowest BCUT2D eigenvalue weighted by Gasteiger charge is -2.35. The average molecular weight is 515 g/mol. The van der Waals surface area contributed by atoms with Crippen LogP contribution in [0.3, 0.4) is 0 Å². The lowest BCUT2D eigenvalue weighted by Crippen LogP contribution is -2.48. The molecule has 0 bridgehead atoms. The molecule has 1 N–H and O–H groups in total. The van der Waals surface area contributed by atoms with Crippen LogP contribution >= 0.6 is 24.0 Å². The number of nitrogens with one attached hydrogen (secondary N) is 1. The van der Waals surface area contributed by atoms with E-state index < -0.39 is 0 Å². The third-order valence-corrected chi connectivity index (χ3v) is 5.71. The normalized spacial score (nSPS) is 19.7. The molecule has 2 aliphatic rings. The fraction of sp³-hybridized carbons (Fsp3) is 0.682. The molecule has 0 spiro atoms. The highest BCUT2D eigenvalue weighted by atomic mass is 127. The summed E-state index contributed by atoms with van der Waals surface area (Å²) in [5, 5.41) is 3.48. The van der Waals surface area contributed by atoms with Crippen LogP contribution in [0.5, 0.6) is 5.75 Å². The summed E-state index contributed by atoms with van der Waals surface area (Å²) in [7, 11) is 0. The third-order valence-electron chi connectivity index (χ3n) is 5.71. The van der Waals surface area contributed by atoms with Gasteiger partial charge in [0.1, 0.15) is 11.9 Å². The van der Waals surface area contributed by atoms with Crippen LogP contribution in [0.4, 0.5) is 0 Å². The molecule has 0 aromatic heterocycles. The van der Waals surface area contributed by atoms with Crippen LogP contribution in [-0.2, 0) is 0 Å². The van der Waals surface area contributed by atoms with Gasteiger partial charge in [-0.1, -0.05) is 25.1 Å². The lowest BCUT2D eigenvalue weighted by atomic mass is 10.1. The lowest BCUT2D eigenvalue weighted by molar-refractivity contribution is 0.129. The molecular formula is C22H38IN5O. The molecule has 0 amide bonds. The Balaban J connectivity index is 0.00000300. The van der Waals surface area contributed by atoms with Crippen LogP contribution in [0.25, 0.3) is 0 Å². The smallest absolute Gasteiger partial charge is 0.193 e. The van der Waals surface area contributed by atoms with Crippen LogP contribution < -0.4 is 10.1 Å². The van der Waals surface area contributed by atoms with Gasteiger partial charge in [-0.3, -0.25) is 9.89 Å². The van der Waals surface area contributed by atoms with Crippen LogP contribution in [0.1, 0.15) is 26.7 Å². The second-order valence-electron chi connectivity index (χ2n) is 7.63. The Morgan fingerprint density at radius 3 is 2.28 bits per heavy atom. The predicted molar refractivity (Wildman–Crippen MR) is 132 cm³/mol. The topological polar surface area (TPSA) is 43.3 Å². The van der Waals surface area contributed by atoms with Gasteiger partial charge < -0.3 is 19.9 Å². The van der Waals surface area contributed by atoms with Crippen LogP contribution in [0.15, 0.2) is 35.3 Å². The first kappa shape index (κ1) is 24.2. The van der Waals surface area contributed by atoms with E-state index in [2.05, 4.69) is 33.9 Å². The van der Waals surface area contributed by atoms with Gasteiger partial charge >= 0.3 is 0 Å². The van der Waals surface area contributed by atoms with Crippen molar-refractivity contribution >= 4 is 29.9 Å². The minimum atomic E-state index is 0. The molecule has 6 nitrogen and oxygen atoms in total. The van der Waals surface area contributed by atoms with Gasteiger partial charge in [0, 0.05) is 65.2 Å². The van der Waals surface area contributed by atoms with E-state index in [1.54, 1.807) is 0 Å². The van der Waals surface area contributed by atoms with E-state index in [0.29, 0.717) is 6.10 Å². The minimum absolute atomic E-state index is 0. The molecule has 7 heteroatoms. The SMILES string of the molecule is CCNC(=NCCN1CCN(CC)CC1)N1CCC(Oc2ccccc2)CC1.I. The van der Waals surface area contributed by atoms with Gasteiger partial charge in [-0.15, -0.1) is 24.0 Å². The van der Waals surface area contributed by atoms with E-state index in [0.717, 1.165) is 57.3 Å². The van der Waals surface area contributed by atoms with Crippen molar-refractivity contribution < 1.29 is 4.74 Å². The summed E-state index contributed by atoms with van der Waals surface area (Å²) in [6.07, 6.45) is 2.38. The number of piperidine rings is 1. The molecule has 0 unspecified atom stereocenters. The molecule has 1 aromatic rings. The fourth-order valence-electron chi connectivity index (χ4n) is 3.93. The van der Waals surface area contributed by atoms with Crippen molar-refractivity contribution in [3.05, 3.63) is 30.3 Å². The van der Waals surface area contributed by atoms with E-state index in [4.69, 9.17) is 9.73 Å².